The summed E-state index contributed by atoms with van der Waals surface area (Å²) < 4.78 is 28.2. The highest BCUT2D eigenvalue weighted by Crippen LogP contribution is 2.43. The number of nitrogens with zero attached hydrogens (tertiary/aromatic N) is 3. The number of nitrogens with one attached hydrogen (secondary N) is 3. The van der Waals surface area contributed by atoms with Crippen molar-refractivity contribution >= 4 is 19.4 Å². The van der Waals surface area contributed by atoms with Crippen LogP contribution in [0.2, 0.25) is 0 Å². The first kappa shape index (κ1) is 44.2. The molecule has 1 heterocycles. The van der Waals surface area contributed by atoms with Gasteiger partial charge in [-0.15, -0.1) is 0 Å². The predicted octanol–water partition coefficient (Wildman–Crippen LogP) is 5.79. The van der Waals surface area contributed by atoms with E-state index < -0.39 is 31.5 Å². The number of aromatic nitrogens is 2. The summed E-state index contributed by atoms with van der Waals surface area (Å²) in [6.07, 6.45) is 19.1. The van der Waals surface area contributed by atoms with Crippen molar-refractivity contribution in [1.29, 1.82) is 0 Å². The van der Waals surface area contributed by atoms with Crippen molar-refractivity contribution in [3.63, 3.8) is 0 Å². The van der Waals surface area contributed by atoms with Crippen molar-refractivity contribution in [2.75, 3.05) is 52.8 Å². The fourth-order valence-electron chi connectivity index (χ4n) is 5.44. The van der Waals surface area contributed by atoms with E-state index in [1.165, 1.54) is 63.9 Å². The molecule has 15 nitrogen and oxygen atoms in total. The Kier molecular flexibility index (Phi) is 21.1. The molecular formula is C35H63N6O9P. The van der Waals surface area contributed by atoms with Crippen molar-refractivity contribution in [3.8, 4) is 11.4 Å². The van der Waals surface area contributed by atoms with Crippen LogP contribution in [0.25, 0.3) is 11.4 Å². The molecule has 0 radical (unpaired) electrons. The highest BCUT2D eigenvalue weighted by atomic mass is 31.2. The molecule has 0 fully saturated rings. The third-order valence-corrected chi connectivity index (χ3v) is 9.52. The number of unbranched alkanes of at least 4 members (excludes halogenated alkanes) is 13. The lowest BCUT2D eigenvalue weighted by molar-refractivity contribution is -0.870. The first-order valence-electron chi connectivity index (χ1n) is 18.6. The molecule has 5 N–H and O–H groups in total. The number of H-pyrrole nitrogens is 1. The third kappa shape index (κ3) is 19.5. The highest BCUT2D eigenvalue weighted by molar-refractivity contribution is 7.47. The molecule has 1 unspecified atom stereocenters. The number of aliphatic hydroxyl groups is 1. The summed E-state index contributed by atoms with van der Waals surface area (Å²) in [6.45, 7) is 2.88. The van der Waals surface area contributed by atoms with Gasteiger partial charge in [0.15, 0.2) is 0 Å². The van der Waals surface area contributed by atoms with Crippen LogP contribution in [-0.2, 0) is 18.4 Å². The lowest BCUT2D eigenvalue weighted by Crippen LogP contribution is -2.45. The van der Waals surface area contributed by atoms with Gasteiger partial charge in [-0.25, -0.2) is 4.57 Å². The number of allylic oxidation sites excluding steroid dienone is 1. The Morgan fingerprint density at radius 1 is 1.02 bits per heavy atom. The Bertz CT molecular complexity index is 1360. The van der Waals surface area contributed by atoms with Gasteiger partial charge in [-0.3, -0.25) is 18.5 Å². The summed E-state index contributed by atoms with van der Waals surface area (Å²) in [5.41, 5.74) is 1.14. The molecule has 2 rings (SSSR count). The zero-order valence-electron chi connectivity index (χ0n) is 31.1. The Hall–Kier alpha value is -2.94. The van der Waals surface area contributed by atoms with Crippen LogP contribution >= 0.6 is 7.82 Å². The van der Waals surface area contributed by atoms with Gasteiger partial charge in [0.05, 0.1) is 45.6 Å². The van der Waals surface area contributed by atoms with Gasteiger partial charge in [-0.1, -0.05) is 89.7 Å². The fourth-order valence-corrected chi connectivity index (χ4v) is 6.17. The Labute approximate surface area is 303 Å². The fraction of sp³-hybridized carbons (Fsp3) is 0.743. The minimum absolute atomic E-state index is 0.0108. The number of carbonyl (C=O) groups is 1. The molecule has 1 amide bonds. The molecule has 0 saturated heterocycles. The van der Waals surface area contributed by atoms with Crippen LogP contribution in [0.3, 0.4) is 0 Å². The van der Waals surface area contributed by atoms with Gasteiger partial charge >= 0.3 is 7.82 Å². The van der Waals surface area contributed by atoms with Gasteiger partial charge < -0.3 is 35.5 Å². The van der Waals surface area contributed by atoms with Gasteiger partial charge in [-0.2, -0.15) is 10.1 Å². The minimum atomic E-state index is -4.40. The summed E-state index contributed by atoms with van der Waals surface area (Å²) in [4.78, 5) is 22.5. The van der Waals surface area contributed by atoms with E-state index in [1.807, 2.05) is 27.2 Å². The first-order chi connectivity index (χ1) is 24.3. The van der Waals surface area contributed by atoms with Crippen LogP contribution in [0.5, 0.6) is 0 Å². The molecule has 0 aromatic rings. The van der Waals surface area contributed by atoms with Crippen LogP contribution in [0.1, 0.15) is 110 Å². The first-order valence-corrected chi connectivity index (χ1v) is 20.1. The number of likely N-dealkylation sites (N-methyl/N-ethyl adjacent to an activating group) is 1. The molecule has 0 saturated carbocycles. The zero-order chi connectivity index (χ0) is 37.5. The Morgan fingerprint density at radius 2 is 1.67 bits per heavy atom. The van der Waals surface area contributed by atoms with E-state index in [0.29, 0.717) is 48.2 Å². The van der Waals surface area contributed by atoms with E-state index in [2.05, 4.69) is 27.9 Å². The maximum Gasteiger partial charge on any atom is 0.472 e. The molecule has 3 atom stereocenters. The quantitative estimate of drug-likeness (QED) is 0.0222. The highest BCUT2D eigenvalue weighted by Gasteiger charge is 2.28. The van der Waals surface area contributed by atoms with Crippen LogP contribution in [0.15, 0.2) is 28.9 Å². The van der Waals surface area contributed by atoms with Crippen LogP contribution < -0.4 is 20.9 Å². The number of amides is 1. The largest absolute Gasteiger partial charge is 0.612 e. The van der Waals surface area contributed by atoms with Crippen molar-refractivity contribution in [3.05, 3.63) is 40.1 Å². The molecule has 0 bridgehead atoms. The number of aromatic amines is 1. The number of hydrogen-bond donors (Lipinski definition) is 5. The monoisotopic (exact) mass is 742 g/mol. The van der Waals surface area contributed by atoms with Crippen molar-refractivity contribution in [1.82, 2.24) is 20.5 Å². The Morgan fingerprint density at radius 3 is 2.31 bits per heavy atom. The number of phosphoric acid groups is 1. The number of carbonyl (C=O) groups excluding carboxylic acids is 1. The number of quaternary nitrogens is 1. The van der Waals surface area contributed by atoms with Crippen molar-refractivity contribution < 1.29 is 37.5 Å². The lowest BCUT2D eigenvalue weighted by atomic mass is 10.0. The number of benzene rings is 1. The number of rotatable bonds is 29. The number of aliphatic hydroxyl groups excluding tert-OH is 1. The maximum atomic E-state index is 12.9. The van der Waals surface area contributed by atoms with E-state index in [1.54, 1.807) is 12.1 Å². The predicted molar refractivity (Wildman–Crippen MR) is 199 cm³/mol. The average molecular weight is 743 g/mol. The molecule has 1 aliphatic carbocycles. The Balaban J connectivity index is 1.78. The number of anilines is 1. The summed E-state index contributed by atoms with van der Waals surface area (Å²) in [6, 6.07) is 2.00. The molecule has 2 aliphatic rings. The second-order valence-electron chi connectivity index (χ2n) is 14.2. The second kappa shape index (κ2) is 24.3. The summed E-state index contributed by atoms with van der Waals surface area (Å²) in [5, 5.41) is 45.4. The normalized spacial score (nSPS) is 14.5. The van der Waals surface area contributed by atoms with E-state index in [9.17, 15) is 29.8 Å². The van der Waals surface area contributed by atoms with Gasteiger partial charge in [0.25, 0.3) is 5.36 Å². The van der Waals surface area contributed by atoms with Crippen molar-refractivity contribution in [2.45, 2.75) is 122 Å². The molecule has 16 heteroatoms. The lowest BCUT2D eigenvalue weighted by Gasteiger charge is -2.25. The van der Waals surface area contributed by atoms with Gasteiger partial charge in [0, 0.05) is 19.0 Å². The smallest absolute Gasteiger partial charge is 0.472 e. The average Bonchev–Trinajstić information content (AvgIpc) is 3.56. The number of phosphoric ester groups is 1. The molecule has 292 valence electrons. The number of fused-ring (bicyclic) bond motifs is 1. The SMILES string of the molecule is CCCCCCCCCCCCC/C=C/[C@@H](O)[C@H](COP(=O)(O)OCC[N+](C)(C)C)NC(=O)CCCCCNc1ccc(=[N+]([O-])[O-])c2no[nH]c1-2. The van der Waals surface area contributed by atoms with Crippen LogP contribution in [-0.4, -0.2) is 90.3 Å². The van der Waals surface area contributed by atoms with E-state index in [-0.39, 0.29) is 30.0 Å². The topological polar surface area (TPSA) is 208 Å². The van der Waals surface area contributed by atoms with Gasteiger partial charge in [0.1, 0.15) is 18.8 Å². The van der Waals surface area contributed by atoms with E-state index >= 15 is 0 Å². The van der Waals surface area contributed by atoms with Gasteiger partial charge in [-0.05, 0) is 36.9 Å². The summed E-state index contributed by atoms with van der Waals surface area (Å²) in [7, 11) is 1.39. The standard InChI is InChI=1S/C35H63N6O9P/c1-5-6-7-8-9-10-11-12-13-14-15-16-18-21-32(42)30(28-49-51(46,47)48-27-26-41(2,3)4)37-33(43)22-19-17-20-25-36-29-23-24-31(40(44)45)35-34(29)38-50-39-35/h18,21,23-24,30,32,38,42H,5-17,19-20,22,25-28H2,1-4H3,(H3-,36,37,39,43,44,45,46,47)/b21-18+/t30-,32+/m0/s1. The molecule has 51 heavy (non-hydrogen) atoms. The maximum absolute atomic E-state index is 12.9. The van der Waals surface area contributed by atoms with Crippen LogP contribution in [0.4, 0.5) is 5.69 Å². The molecule has 0 spiro atoms. The molecular weight excluding hydrogens is 679 g/mol. The van der Waals surface area contributed by atoms with Crippen molar-refractivity contribution in [2.24, 2.45) is 0 Å². The minimum Gasteiger partial charge on any atom is -0.612 e. The third-order valence-electron chi connectivity index (χ3n) is 8.53. The number of hydrogen-bond acceptors (Lipinski definition) is 10. The summed E-state index contributed by atoms with van der Waals surface area (Å²) >= 11 is 0. The van der Waals surface area contributed by atoms with E-state index in [4.69, 9.17) is 13.7 Å². The summed E-state index contributed by atoms with van der Waals surface area (Å²) in [5.74, 6) is -0.316. The van der Waals surface area contributed by atoms with Crippen LogP contribution in [0, 0.1) is 10.4 Å². The molecule has 0 aromatic heterocycles. The molecule has 0 aromatic carbocycles. The second-order valence-corrected chi connectivity index (χ2v) is 15.6. The zero-order valence-corrected chi connectivity index (χ0v) is 32.0. The van der Waals surface area contributed by atoms with E-state index in [0.717, 1.165) is 19.3 Å². The molecule has 1 aliphatic heterocycles. The van der Waals surface area contributed by atoms with Gasteiger partial charge in [0.2, 0.25) is 11.6 Å².